The van der Waals surface area contributed by atoms with Crippen molar-refractivity contribution in [2.75, 3.05) is 13.2 Å². The summed E-state index contributed by atoms with van der Waals surface area (Å²) in [4.78, 5) is 11.7. The Morgan fingerprint density at radius 1 is 1.42 bits per heavy atom. The van der Waals surface area contributed by atoms with Gasteiger partial charge in [-0.1, -0.05) is 15.9 Å². The molecule has 1 atom stereocenters. The van der Waals surface area contributed by atoms with E-state index in [9.17, 15) is 4.79 Å². The van der Waals surface area contributed by atoms with E-state index in [1.54, 1.807) is 13.8 Å². The van der Waals surface area contributed by atoms with Crippen molar-refractivity contribution in [3.8, 4) is 11.8 Å². The molecule has 0 aliphatic heterocycles. The number of hydrogen-bond donors (Lipinski definition) is 0. The van der Waals surface area contributed by atoms with Crippen LogP contribution in [0.15, 0.2) is 28.7 Å². The number of nitriles is 1. The van der Waals surface area contributed by atoms with Gasteiger partial charge in [0.1, 0.15) is 5.75 Å². The zero-order valence-electron chi connectivity index (χ0n) is 11.0. The Morgan fingerprint density at radius 3 is 2.58 bits per heavy atom. The molecule has 0 saturated carbocycles. The SMILES string of the molecule is CCOC(=O)C(C)(C#N)CCOc1ccc(Br)cc1. The van der Waals surface area contributed by atoms with Gasteiger partial charge in [0.05, 0.1) is 19.3 Å². The van der Waals surface area contributed by atoms with Crippen LogP contribution in [0.3, 0.4) is 0 Å². The first-order valence-corrected chi connectivity index (χ1v) is 6.78. The van der Waals surface area contributed by atoms with E-state index in [0.29, 0.717) is 12.2 Å². The Morgan fingerprint density at radius 2 is 2.05 bits per heavy atom. The minimum Gasteiger partial charge on any atom is -0.494 e. The molecule has 0 N–H and O–H groups in total. The van der Waals surface area contributed by atoms with E-state index in [1.807, 2.05) is 30.3 Å². The van der Waals surface area contributed by atoms with Crippen molar-refractivity contribution in [3.63, 3.8) is 0 Å². The molecular formula is C14H16BrNO3. The molecule has 0 aliphatic carbocycles. The summed E-state index contributed by atoms with van der Waals surface area (Å²) < 4.78 is 11.4. The van der Waals surface area contributed by atoms with Crippen molar-refractivity contribution in [2.45, 2.75) is 20.3 Å². The highest BCUT2D eigenvalue weighted by Crippen LogP contribution is 2.23. The van der Waals surface area contributed by atoms with Crippen LogP contribution in [0.4, 0.5) is 0 Å². The molecule has 0 aromatic heterocycles. The topological polar surface area (TPSA) is 59.3 Å². The number of rotatable bonds is 6. The Bertz CT molecular complexity index is 467. The number of carbonyl (C=O) groups is 1. The molecule has 1 aromatic carbocycles. The molecule has 0 aliphatic rings. The van der Waals surface area contributed by atoms with Crippen LogP contribution in [0.5, 0.6) is 5.75 Å². The first-order valence-electron chi connectivity index (χ1n) is 5.98. The van der Waals surface area contributed by atoms with Gasteiger partial charge in [0.2, 0.25) is 0 Å². The Hall–Kier alpha value is -1.54. The number of ether oxygens (including phenoxy) is 2. The van der Waals surface area contributed by atoms with Crippen molar-refractivity contribution >= 4 is 21.9 Å². The molecule has 0 bridgehead atoms. The standard InChI is InChI=1S/C14H16BrNO3/c1-3-18-13(17)14(2,10-16)8-9-19-12-6-4-11(15)5-7-12/h4-7H,3,8-9H2,1-2H3. The summed E-state index contributed by atoms with van der Waals surface area (Å²) in [6.45, 7) is 3.83. The van der Waals surface area contributed by atoms with Gasteiger partial charge in [0.15, 0.2) is 5.41 Å². The van der Waals surface area contributed by atoms with Crippen LogP contribution < -0.4 is 4.74 Å². The van der Waals surface area contributed by atoms with Gasteiger partial charge in [0.25, 0.3) is 0 Å². The largest absolute Gasteiger partial charge is 0.494 e. The van der Waals surface area contributed by atoms with Crippen LogP contribution in [0.1, 0.15) is 20.3 Å². The average molecular weight is 326 g/mol. The Kier molecular flexibility index (Phi) is 5.84. The van der Waals surface area contributed by atoms with Crippen molar-refractivity contribution < 1.29 is 14.3 Å². The number of nitrogens with zero attached hydrogens (tertiary/aromatic N) is 1. The number of esters is 1. The van der Waals surface area contributed by atoms with E-state index in [-0.39, 0.29) is 13.2 Å². The monoisotopic (exact) mass is 325 g/mol. The van der Waals surface area contributed by atoms with Crippen LogP contribution in [0.2, 0.25) is 0 Å². The summed E-state index contributed by atoms with van der Waals surface area (Å²) in [5.41, 5.74) is -1.16. The minimum atomic E-state index is -1.16. The highest BCUT2D eigenvalue weighted by Gasteiger charge is 2.34. The fraction of sp³-hybridized carbons (Fsp3) is 0.429. The van der Waals surface area contributed by atoms with Gasteiger partial charge in [0, 0.05) is 10.9 Å². The fourth-order valence-corrected chi connectivity index (χ4v) is 1.66. The first-order chi connectivity index (χ1) is 9.01. The highest BCUT2D eigenvalue weighted by molar-refractivity contribution is 9.10. The summed E-state index contributed by atoms with van der Waals surface area (Å²) in [5.74, 6) is 0.198. The van der Waals surface area contributed by atoms with Gasteiger partial charge in [-0.3, -0.25) is 4.79 Å². The van der Waals surface area contributed by atoms with E-state index < -0.39 is 11.4 Å². The second kappa shape index (κ2) is 7.15. The minimum absolute atomic E-state index is 0.268. The van der Waals surface area contributed by atoms with Crippen molar-refractivity contribution in [3.05, 3.63) is 28.7 Å². The van der Waals surface area contributed by atoms with E-state index in [2.05, 4.69) is 15.9 Å². The Balaban J connectivity index is 2.52. The molecule has 0 amide bonds. The van der Waals surface area contributed by atoms with Crippen LogP contribution in [0, 0.1) is 16.7 Å². The lowest BCUT2D eigenvalue weighted by Gasteiger charge is -2.19. The first kappa shape index (κ1) is 15.5. The van der Waals surface area contributed by atoms with Crippen LogP contribution in [0.25, 0.3) is 0 Å². The zero-order valence-corrected chi connectivity index (χ0v) is 12.6. The third-order valence-electron chi connectivity index (χ3n) is 2.66. The molecule has 5 heteroatoms. The van der Waals surface area contributed by atoms with Gasteiger partial charge in [-0.25, -0.2) is 0 Å². The fourth-order valence-electron chi connectivity index (χ4n) is 1.40. The normalized spacial score (nSPS) is 13.2. The molecule has 0 spiro atoms. The molecule has 1 aromatic rings. The van der Waals surface area contributed by atoms with Crippen LogP contribution in [-0.4, -0.2) is 19.2 Å². The molecule has 1 unspecified atom stereocenters. The average Bonchev–Trinajstić information content (AvgIpc) is 2.41. The highest BCUT2D eigenvalue weighted by atomic mass is 79.9. The maximum absolute atomic E-state index is 11.7. The predicted molar refractivity (Wildman–Crippen MR) is 74.6 cm³/mol. The lowest BCUT2D eigenvalue weighted by molar-refractivity contribution is -0.151. The van der Waals surface area contributed by atoms with Gasteiger partial charge in [-0.05, 0) is 38.1 Å². The molecule has 0 fully saturated rings. The van der Waals surface area contributed by atoms with Crippen LogP contribution >= 0.6 is 15.9 Å². The molecular weight excluding hydrogens is 310 g/mol. The van der Waals surface area contributed by atoms with E-state index >= 15 is 0 Å². The maximum atomic E-state index is 11.7. The molecule has 0 heterocycles. The number of carbonyl (C=O) groups excluding carboxylic acids is 1. The van der Waals surface area contributed by atoms with Crippen molar-refractivity contribution in [1.82, 2.24) is 0 Å². The number of hydrogen-bond acceptors (Lipinski definition) is 4. The molecule has 19 heavy (non-hydrogen) atoms. The molecule has 102 valence electrons. The number of halogens is 1. The second-order valence-corrected chi connectivity index (χ2v) is 5.13. The van der Waals surface area contributed by atoms with Gasteiger partial charge in [-0.2, -0.15) is 5.26 Å². The number of benzene rings is 1. The molecule has 0 radical (unpaired) electrons. The lowest BCUT2D eigenvalue weighted by Crippen LogP contribution is -2.30. The zero-order chi connectivity index (χ0) is 14.3. The van der Waals surface area contributed by atoms with Crippen molar-refractivity contribution in [1.29, 1.82) is 5.26 Å². The molecule has 0 saturated heterocycles. The van der Waals surface area contributed by atoms with Gasteiger partial charge < -0.3 is 9.47 Å². The summed E-state index contributed by atoms with van der Waals surface area (Å²) in [7, 11) is 0. The Labute approximate surface area is 121 Å². The van der Waals surface area contributed by atoms with Crippen LogP contribution in [-0.2, 0) is 9.53 Å². The van der Waals surface area contributed by atoms with E-state index in [1.165, 1.54) is 0 Å². The quantitative estimate of drug-likeness (QED) is 0.753. The van der Waals surface area contributed by atoms with Gasteiger partial charge in [-0.15, -0.1) is 0 Å². The smallest absolute Gasteiger partial charge is 0.326 e. The van der Waals surface area contributed by atoms with E-state index in [0.717, 1.165) is 4.47 Å². The second-order valence-electron chi connectivity index (χ2n) is 4.22. The van der Waals surface area contributed by atoms with Gasteiger partial charge >= 0.3 is 5.97 Å². The lowest BCUT2D eigenvalue weighted by atomic mass is 9.89. The summed E-state index contributed by atoms with van der Waals surface area (Å²) in [5, 5.41) is 9.10. The third-order valence-corrected chi connectivity index (χ3v) is 3.19. The maximum Gasteiger partial charge on any atom is 0.326 e. The van der Waals surface area contributed by atoms with E-state index in [4.69, 9.17) is 14.7 Å². The molecule has 4 nitrogen and oxygen atoms in total. The summed E-state index contributed by atoms with van der Waals surface area (Å²) >= 11 is 3.33. The summed E-state index contributed by atoms with van der Waals surface area (Å²) in [6.07, 6.45) is 0.290. The van der Waals surface area contributed by atoms with Crippen molar-refractivity contribution in [2.24, 2.45) is 5.41 Å². The summed E-state index contributed by atoms with van der Waals surface area (Å²) in [6, 6.07) is 9.36. The predicted octanol–water partition coefficient (Wildman–Crippen LogP) is 3.31. The molecule has 1 rings (SSSR count). The third kappa shape index (κ3) is 4.56.